The van der Waals surface area contributed by atoms with Gasteiger partial charge in [0.2, 0.25) is 0 Å². The summed E-state index contributed by atoms with van der Waals surface area (Å²) in [5, 5.41) is 0. The molecule has 138 valence electrons. The first kappa shape index (κ1) is 19.8. The van der Waals surface area contributed by atoms with Crippen molar-refractivity contribution in [2.75, 3.05) is 6.61 Å². The number of benzene rings is 1. The van der Waals surface area contributed by atoms with Crippen LogP contribution in [0.3, 0.4) is 0 Å². The summed E-state index contributed by atoms with van der Waals surface area (Å²) < 4.78 is 7.11. The number of aryl methyl sites for hydroxylation is 2. The highest BCUT2D eigenvalue weighted by molar-refractivity contribution is 7.71. The van der Waals surface area contributed by atoms with Gasteiger partial charge < -0.3 is 9.30 Å². The number of Topliss-reactive ketones (excluding diaryl/α,β-unsaturated/α-hetero) is 1. The molecule has 26 heavy (non-hydrogen) atoms. The standard InChI is InChI=1S/C19H22N2O4S/c22-16(9-4-8-15-6-2-1-3-7-15)14-18(24)25-13-5-11-21-12-10-17(23)20-19(21)26/h1-3,6-7,10,12H,4-5,8-9,11,13-14H2,(H,20,23,26). The highest BCUT2D eigenvalue weighted by atomic mass is 32.1. The van der Waals surface area contributed by atoms with Crippen LogP contribution in [0.2, 0.25) is 0 Å². The van der Waals surface area contributed by atoms with Crippen LogP contribution in [0.15, 0.2) is 47.4 Å². The Balaban J connectivity index is 1.60. The Morgan fingerprint density at radius 1 is 1.12 bits per heavy atom. The molecule has 0 aliphatic rings. The molecule has 1 aromatic carbocycles. The minimum Gasteiger partial charge on any atom is -0.465 e. The van der Waals surface area contributed by atoms with Crippen LogP contribution in [0, 0.1) is 4.77 Å². The number of esters is 1. The fourth-order valence-electron chi connectivity index (χ4n) is 2.48. The van der Waals surface area contributed by atoms with Gasteiger partial charge in [-0.3, -0.25) is 19.4 Å². The Morgan fingerprint density at radius 3 is 2.62 bits per heavy atom. The van der Waals surface area contributed by atoms with Gasteiger partial charge in [0.25, 0.3) is 5.56 Å². The van der Waals surface area contributed by atoms with Crippen molar-refractivity contribution in [3.8, 4) is 0 Å². The molecule has 0 fully saturated rings. The highest BCUT2D eigenvalue weighted by Gasteiger charge is 2.10. The van der Waals surface area contributed by atoms with E-state index < -0.39 is 5.97 Å². The van der Waals surface area contributed by atoms with E-state index in [0.29, 0.717) is 24.2 Å². The summed E-state index contributed by atoms with van der Waals surface area (Å²) >= 11 is 5.03. The van der Waals surface area contributed by atoms with Gasteiger partial charge in [-0.2, -0.15) is 0 Å². The van der Waals surface area contributed by atoms with E-state index in [1.165, 1.54) is 11.6 Å². The lowest BCUT2D eigenvalue weighted by molar-refractivity contribution is -0.146. The zero-order valence-electron chi connectivity index (χ0n) is 14.5. The third kappa shape index (κ3) is 7.14. The van der Waals surface area contributed by atoms with Gasteiger partial charge in [0.1, 0.15) is 12.2 Å². The molecule has 0 amide bonds. The summed E-state index contributed by atoms with van der Waals surface area (Å²) in [6.07, 6.45) is 3.87. The first-order valence-corrected chi connectivity index (χ1v) is 8.96. The van der Waals surface area contributed by atoms with Crippen molar-refractivity contribution >= 4 is 24.0 Å². The molecule has 7 heteroatoms. The number of carbonyl (C=O) groups is 2. The molecule has 1 heterocycles. The van der Waals surface area contributed by atoms with Crippen LogP contribution in [-0.2, 0) is 27.3 Å². The van der Waals surface area contributed by atoms with Crippen LogP contribution in [0.5, 0.6) is 0 Å². The number of hydrogen-bond donors (Lipinski definition) is 1. The van der Waals surface area contributed by atoms with E-state index in [0.717, 1.165) is 12.8 Å². The van der Waals surface area contributed by atoms with Crippen molar-refractivity contribution in [2.45, 2.75) is 38.6 Å². The second-order valence-electron chi connectivity index (χ2n) is 5.93. The molecule has 6 nitrogen and oxygen atoms in total. The number of H-pyrrole nitrogens is 1. The van der Waals surface area contributed by atoms with Crippen LogP contribution in [0.4, 0.5) is 0 Å². The van der Waals surface area contributed by atoms with Crippen LogP contribution in [0.1, 0.15) is 31.2 Å². The van der Waals surface area contributed by atoms with Crippen molar-refractivity contribution in [1.82, 2.24) is 9.55 Å². The number of aromatic nitrogens is 2. The van der Waals surface area contributed by atoms with Crippen molar-refractivity contribution in [3.05, 3.63) is 63.3 Å². The molecule has 0 spiro atoms. The predicted molar refractivity (Wildman–Crippen MR) is 100 cm³/mol. The van der Waals surface area contributed by atoms with E-state index in [9.17, 15) is 14.4 Å². The van der Waals surface area contributed by atoms with Gasteiger partial charge in [0.05, 0.1) is 6.61 Å². The molecular formula is C19H22N2O4S. The van der Waals surface area contributed by atoms with E-state index in [2.05, 4.69) is 4.98 Å². The SMILES string of the molecule is O=C(CCCc1ccccc1)CC(=O)OCCCn1ccc(=O)[nH]c1=S. The number of carbonyl (C=O) groups excluding carboxylic acids is 2. The van der Waals surface area contributed by atoms with Crippen LogP contribution >= 0.6 is 12.2 Å². The van der Waals surface area contributed by atoms with Gasteiger partial charge in [-0.25, -0.2) is 0 Å². The molecule has 0 radical (unpaired) electrons. The maximum atomic E-state index is 11.8. The summed E-state index contributed by atoms with van der Waals surface area (Å²) in [5.74, 6) is -0.603. The number of rotatable bonds is 10. The van der Waals surface area contributed by atoms with Crippen LogP contribution < -0.4 is 5.56 Å². The topological polar surface area (TPSA) is 81.2 Å². The van der Waals surface area contributed by atoms with Gasteiger partial charge in [-0.05, 0) is 37.0 Å². The average Bonchev–Trinajstić information content (AvgIpc) is 2.61. The van der Waals surface area contributed by atoms with E-state index in [-0.39, 0.29) is 24.4 Å². The first-order chi connectivity index (χ1) is 12.5. The summed E-state index contributed by atoms with van der Waals surface area (Å²) in [6, 6.07) is 11.3. The van der Waals surface area contributed by atoms with Gasteiger partial charge in [-0.1, -0.05) is 30.3 Å². The van der Waals surface area contributed by atoms with E-state index in [4.69, 9.17) is 17.0 Å². The molecule has 0 aliphatic heterocycles. The smallest absolute Gasteiger partial charge is 0.313 e. The number of ether oxygens (including phenoxy) is 1. The van der Waals surface area contributed by atoms with Gasteiger partial charge >= 0.3 is 5.97 Å². The zero-order chi connectivity index (χ0) is 18.8. The second kappa shape index (κ2) is 10.5. The summed E-state index contributed by atoms with van der Waals surface area (Å²) in [5.41, 5.74) is 0.937. The molecule has 2 aromatic rings. The lowest BCUT2D eigenvalue weighted by Gasteiger charge is -2.07. The lowest BCUT2D eigenvalue weighted by atomic mass is 10.1. The third-order valence-electron chi connectivity index (χ3n) is 3.81. The maximum absolute atomic E-state index is 11.8. The largest absolute Gasteiger partial charge is 0.465 e. The third-order valence-corrected chi connectivity index (χ3v) is 4.15. The van der Waals surface area contributed by atoms with Crippen LogP contribution in [0.25, 0.3) is 0 Å². The summed E-state index contributed by atoms with van der Waals surface area (Å²) in [7, 11) is 0. The zero-order valence-corrected chi connectivity index (χ0v) is 15.3. The lowest BCUT2D eigenvalue weighted by Crippen LogP contribution is -2.15. The molecule has 1 aromatic heterocycles. The molecule has 0 saturated heterocycles. The molecule has 0 saturated carbocycles. The van der Waals surface area contributed by atoms with Gasteiger partial charge in [0, 0.05) is 25.2 Å². The fraction of sp³-hybridized carbons (Fsp3) is 0.368. The normalized spacial score (nSPS) is 10.5. The average molecular weight is 374 g/mol. The second-order valence-corrected chi connectivity index (χ2v) is 6.32. The number of nitrogens with one attached hydrogen (secondary N) is 1. The maximum Gasteiger partial charge on any atom is 0.313 e. The quantitative estimate of drug-likeness (QED) is 0.299. The van der Waals surface area contributed by atoms with Crippen molar-refractivity contribution in [2.24, 2.45) is 0 Å². The van der Waals surface area contributed by atoms with Crippen molar-refractivity contribution < 1.29 is 14.3 Å². The number of hydrogen-bond acceptors (Lipinski definition) is 5. The Labute approximate surface area is 156 Å². The van der Waals surface area contributed by atoms with E-state index in [1.54, 1.807) is 10.8 Å². The van der Waals surface area contributed by atoms with Crippen LogP contribution in [-0.4, -0.2) is 27.9 Å². The monoisotopic (exact) mass is 374 g/mol. The fourth-order valence-corrected chi connectivity index (χ4v) is 2.73. The van der Waals surface area contributed by atoms with E-state index >= 15 is 0 Å². The molecule has 2 rings (SSSR count). The molecule has 0 atom stereocenters. The van der Waals surface area contributed by atoms with Crippen molar-refractivity contribution in [3.63, 3.8) is 0 Å². The number of aromatic amines is 1. The van der Waals surface area contributed by atoms with Gasteiger partial charge in [0.15, 0.2) is 4.77 Å². The minimum absolute atomic E-state index is 0.103. The van der Waals surface area contributed by atoms with Gasteiger partial charge in [-0.15, -0.1) is 0 Å². The summed E-state index contributed by atoms with van der Waals surface area (Å²) in [4.78, 5) is 37.1. The predicted octanol–water partition coefficient (Wildman–Crippen LogP) is 2.82. The molecule has 0 bridgehead atoms. The minimum atomic E-state index is -0.500. The van der Waals surface area contributed by atoms with Crippen molar-refractivity contribution in [1.29, 1.82) is 0 Å². The molecule has 0 aliphatic carbocycles. The summed E-state index contributed by atoms with van der Waals surface area (Å²) in [6.45, 7) is 0.727. The first-order valence-electron chi connectivity index (χ1n) is 8.55. The number of nitrogens with zero attached hydrogens (tertiary/aromatic N) is 1. The Bertz CT molecular complexity index is 842. The molecule has 0 unspecified atom stereocenters. The Morgan fingerprint density at radius 2 is 1.88 bits per heavy atom. The Kier molecular flexibility index (Phi) is 7.95. The number of ketones is 1. The highest BCUT2D eigenvalue weighted by Crippen LogP contribution is 2.06. The Hall–Kier alpha value is -2.54. The van der Waals surface area contributed by atoms with E-state index in [1.807, 2.05) is 30.3 Å². The molecule has 1 N–H and O–H groups in total. The molecular weight excluding hydrogens is 352 g/mol.